The van der Waals surface area contributed by atoms with Crippen LogP contribution in [0.1, 0.15) is 41.6 Å². The van der Waals surface area contributed by atoms with E-state index in [0.29, 0.717) is 18.2 Å². The number of carbonyl (C=O) groups excluding carboxylic acids is 2. The molecule has 4 N–H and O–H groups in total. The highest BCUT2D eigenvalue weighted by Crippen LogP contribution is 2.40. The predicted molar refractivity (Wildman–Crippen MR) is 123 cm³/mol. The van der Waals surface area contributed by atoms with Gasteiger partial charge in [-0.05, 0) is 55.5 Å². The Balaban J connectivity index is 1.60. The highest BCUT2D eigenvalue weighted by atomic mass is 19.1. The first kappa shape index (κ1) is 22.2. The molecule has 3 aromatic rings. The SMILES string of the molecule is CCNC(=O)Nc1cc(Nc2cc(F)cc(F)c2)c(C(=O)Nc2ccc(C3CC3)cc2)cn1. The minimum atomic E-state index is -0.769. The van der Waals surface area contributed by atoms with Crippen molar-refractivity contribution in [2.24, 2.45) is 0 Å². The molecule has 1 saturated carbocycles. The Morgan fingerprint density at radius 1 is 0.970 bits per heavy atom. The van der Waals surface area contributed by atoms with Gasteiger partial charge in [-0.25, -0.2) is 18.6 Å². The summed E-state index contributed by atoms with van der Waals surface area (Å²) in [5.74, 6) is -1.24. The van der Waals surface area contributed by atoms with Crippen molar-refractivity contribution in [1.29, 1.82) is 0 Å². The third-order valence-corrected chi connectivity index (χ3v) is 5.09. The van der Waals surface area contributed by atoms with Crippen LogP contribution in [0, 0.1) is 11.6 Å². The molecule has 0 atom stereocenters. The zero-order valence-corrected chi connectivity index (χ0v) is 17.9. The summed E-state index contributed by atoms with van der Waals surface area (Å²) in [5, 5.41) is 10.8. The van der Waals surface area contributed by atoms with Crippen molar-refractivity contribution in [3.63, 3.8) is 0 Å². The van der Waals surface area contributed by atoms with E-state index in [1.54, 1.807) is 6.92 Å². The standard InChI is InChI=1S/C24H23F2N5O2/c1-2-27-24(33)31-22-12-21(29-19-10-16(25)9-17(26)11-19)20(13-28-22)23(32)30-18-7-5-15(6-8-18)14-3-4-14/h5-14H,2-4H2,1H3,(H,30,32)(H3,27,28,29,31,33). The summed E-state index contributed by atoms with van der Waals surface area (Å²) in [5.41, 5.74) is 2.30. The van der Waals surface area contributed by atoms with Gasteiger partial charge in [-0.3, -0.25) is 10.1 Å². The molecular formula is C24H23F2N5O2. The van der Waals surface area contributed by atoms with Gasteiger partial charge >= 0.3 is 6.03 Å². The van der Waals surface area contributed by atoms with Crippen LogP contribution < -0.4 is 21.3 Å². The molecule has 0 saturated heterocycles. The van der Waals surface area contributed by atoms with Crippen molar-refractivity contribution in [3.8, 4) is 0 Å². The second-order valence-electron chi connectivity index (χ2n) is 7.73. The average Bonchev–Trinajstić information content (AvgIpc) is 3.59. The normalized spacial score (nSPS) is 12.7. The second-order valence-corrected chi connectivity index (χ2v) is 7.73. The van der Waals surface area contributed by atoms with E-state index in [4.69, 9.17) is 0 Å². The number of anilines is 4. The van der Waals surface area contributed by atoms with E-state index in [1.165, 1.54) is 30.7 Å². The van der Waals surface area contributed by atoms with Crippen molar-refractivity contribution in [1.82, 2.24) is 10.3 Å². The average molecular weight is 451 g/mol. The lowest BCUT2D eigenvalue weighted by Crippen LogP contribution is -2.28. The number of hydrogen-bond acceptors (Lipinski definition) is 4. The maximum absolute atomic E-state index is 13.7. The van der Waals surface area contributed by atoms with Crippen LogP contribution in [0.4, 0.5) is 36.5 Å². The molecule has 1 heterocycles. The molecule has 0 unspecified atom stereocenters. The van der Waals surface area contributed by atoms with E-state index in [-0.39, 0.29) is 22.8 Å². The summed E-state index contributed by atoms with van der Waals surface area (Å²) < 4.78 is 27.3. The first-order valence-corrected chi connectivity index (χ1v) is 10.6. The maximum atomic E-state index is 13.7. The van der Waals surface area contributed by atoms with Gasteiger partial charge in [-0.15, -0.1) is 0 Å². The van der Waals surface area contributed by atoms with Crippen LogP contribution >= 0.6 is 0 Å². The van der Waals surface area contributed by atoms with Gasteiger partial charge in [0.05, 0.1) is 11.3 Å². The highest BCUT2D eigenvalue weighted by Gasteiger charge is 2.23. The number of pyridine rings is 1. The van der Waals surface area contributed by atoms with Gasteiger partial charge < -0.3 is 16.0 Å². The van der Waals surface area contributed by atoms with Crippen LogP contribution in [-0.2, 0) is 0 Å². The molecule has 1 aliphatic rings. The molecule has 0 spiro atoms. The fraction of sp³-hybridized carbons (Fsp3) is 0.208. The Hall–Kier alpha value is -4.01. The molecule has 170 valence electrons. The lowest BCUT2D eigenvalue weighted by Gasteiger charge is -2.14. The zero-order valence-electron chi connectivity index (χ0n) is 17.9. The van der Waals surface area contributed by atoms with E-state index in [2.05, 4.69) is 26.3 Å². The van der Waals surface area contributed by atoms with E-state index in [0.717, 1.165) is 18.2 Å². The summed E-state index contributed by atoms with van der Waals surface area (Å²) in [7, 11) is 0. The van der Waals surface area contributed by atoms with Gasteiger partial charge in [0.15, 0.2) is 0 Å². The van der Waals surface area contributed by atoms with Crippen LogP contribution in [0.15, 0.2) is 54.7 Å². The van der Waals surface area contributed by atoms with Crippen LogP contribution in [0.25, 0.3) is 0 Å². The summed E-state index contributed by atoms with van der Waals surface area (Å²) in [6.45, 7) is 2.18. The lowest BCUT2D eigenvalue weighted by molar-refractivity contribution is 0.102. The van der Waals surface area contributed by atoms with Crippen LogP contribution in [0.3, 0.4) is 0 Å². The minimum absolute atomic E-state index is 0.102. The lowest BCUT2D eigenvalue weighted by atomic mass is 10.1. The van der Waals surface area contributed by atoms with Crippen LogP contribution in [0.5, 0.6) is 0 Å². The van der Waals surface area contributed by atoms with Crippen LogP contribution in [-0.4, -0.2) is 23.5 Å². The third kappa shape index (κ3) is 5.82. The number of urea groups is 1. The first-order chi connectivity index (χ1) is 15.9. The van der Waals surface area contributed by atoms with Crippen molar-refractivity contribution in [2.75, 3.05) is 22.5 Å². The second kappa shape index (κ2) is 9.64. The van der Waals surface area contributed by atoms with Gasteiger partial charge in [0.25, 0.3) is 5.91 Å². The third-order valence-electron chi connectivity index (χ3n) is 5.09. The molecule has 33 heavy (non-hydrogen) atoms. The number of carbonyl (C=O) groups is 2. The summed E-state index contributed by atoms with van der Waals surface area (Å²) >= 11 is 0. The van der Waals surface area contributed by atoms with E-state index < -0.39 is 23.6 Å². The van der Waals surface area contributed by atoms with Gasteiger partial charge in [-0.1, -0.05) is 12.1 Å². The van der Waals surface area contributed by atoms with Crippen molar-refractivity contribution < 1.29 is 18.4 Å². The number of amides is 3. The van der Waals surface area contributed by atoms with E-state index >= 15 is 0 Å². The minimum Gasteiger partial charge on any atom is -0.355 e. The number of aromatic nitrogens is 1. The van der Waals surface area contributed by atoms with E-state index in [9.17, 15) is 18.4 Å². The molecule has 2 aromatic carbocycles. The Kier molecular flexibility index (Phi) is 6.48. The predicted octanol–water partition coefficient (Wildman–Crippen LogP) is 5.37. The topological polar surface area (TPSA) is 95.2 Å². The molecule has 1 aromatic heterocycles. The molecular weight excluding hydrogens is 428 g/mol. The first-order valence-electron chi connectivity index (χ1n) is 10.6. The Morgan fingerprint density at radius 3 is 2.30 bits per heavy atom. The van der Waals surface area contributed by atoms with Crippen molar-refractivity contribution >= 4 is 34.8 Å². The van der Waals surface area contributed by atoms with Gasteiger partial charge in [-0.2, -0.15) is 0 Å². The Bertz CT molecular complexity index is 1160. The van der Waals surface area contributed by atoms with Crippen molar-refractivity contribution in [3.05, 3.63) is 77.5 Å². The Labute approximate surface area is 189 Å². The molecule has 4 rings (SSSR count). The fourth-order valence-corrected chi connectivity index (χ4v) is 3.36. The Morgan fingerprint density at radius 2 is 1.67 bits per heavy atom. The molecule has 0 radical (unpaired) electrons. The number of nitrogens with zero attached hydrogens (tertiary/aromatic N) is 1. The van der Waals surface area contributed by atoms with Gasteiger partial charge in [0, 0.05) is 36.2 Å². The van der Waals surface area contributed by atoms with Gasteiger partial charge in [0.1, 0.15) is 17.5 Å². The monoisotopic (exact) mass is 451 g/mol. The number of halogens is 2. The number of benzene rings is 2. The molecule has 7 nitrogen and oxygen atoms in total. The van der Waals surface area contributed by atoms with E-state index in [1.807, 2.05) is 24.3 Å². The largest absolute Gasteiger partial charge is 0.355 e. The quantitative estimate of drug-likeness (QED) is 0.388. The maximum Gasteiger partial charge on any atom is 0.320 e. The number of hydrogen-bond donors (Lipinski definition) is 4. The number of rotatable bonds is 7. The molecule has 0 aliphatic heterocycles. The highest BCUT2D eigenvalue weighted by molar-refractivity contribution is 6.08. The van der Waals surface area contributed by atoms with Crippen LogP contribution in [0.2, 0.25) is 0 Å². The number of nitrogens with one attached hydrogen (secondary N) is 4. The smallest absolute Gasteiger partial charge is 0.320 e. The molecule has 0 bridgehead atoms. The summed E-state index contributed by atoms with van der Waals surface area (Å²) in [6.07, 6.45) is 3.65. The molecule has 9 heteroatoms. The van der Waals surface area contributed by atoms with Crippen molar-refractivity contribution in [2.45, 2.75) is 25.7 Å². The molecule has 3 amide bonds. The molecule has 1 fully saturated rings. The molecule has 1 aliphatic carbocycles. The van der Waals surface area contributed by atoms with Gasteiger partial charge in [0.2, 0.25) is 0 Å². The summed E-state index contributed by atoms with van der Waals surface area (Å²) in [4.78, 5) is 29.0. The summed E-state index contributed by atoms with van der Waals surface area (Å²) in [6, 6.07) is 11.5. The zero-order chi connectivity index (χ0) is 23.4. The fourth-order valence-electron chi connectivity index (χ4n) is 3.36.